The summed E-state index contributed by atoms with van der Waals surface area (Å²) in [6.07, 6.45) is 0. The first-order valence-corrected chi connectivity index (χ1v) is 3.37. The fraction of sp³-hybridized carbons (Fsp3) is 0.125. The predicted octanol–water partition coefficient (Wildman–Crippen LogP) is 1.00. The molecule has 1 aromatic rings. The third-order valence-electron chi connectivity index (χ3n) is 1.74. The van der Waals surface area contributed by atoms with Crippen molar-refractivity contribution in [3.8, 4) is 5.75 Å². The smallest absolute Gasteiger partial charge is 0.183 e. The van der Waals surface area contributed by atoms with Crippen LogP contribution in [-0.2, 0) is 0 Å². The van der Waals surface area contributed by atoms with Gasteiger partial charge in [0.2, 0.25) is 0 Å². The summed E-state index contributed by atoms with van der Waals surface area (Å²) >= 11 is 0. The van der Waals surface area contributed by atoms with Crippen molar-refractivity contribution < 1.29 is 9.90 Å². The second kappa shape index (κ2) is 1.99. The first-order valence-electron chi connectivity index (χ1n) is 3.37. The minimum Gasteiger partial charge on any atom is -0.508 e. The number of phenolic OH excluding ortho intramolecular Hbond substituents is 1. The third-order valence-corrected chi connectivity index (χ3v) is 1.74. The average molecular weight is 149 g/mol. The fourth-order valence-corrected chi connectivity index (χ4v) is 1.19. The van der Waals surface area contributed by atoms with E-state index in [0.717, 1.165) is 5.69 Å². The molecule has 0 amide bonds. The summed E-state index contributed by atoms with van der Waals surface area (Å²) in [6.45, 7) is 0.346. The summed E-state index contributed by atoms with van der Waals surface area (Å²) in [5.74, 6) is 0.269. The molecular formula is C8H7NO2. The first-order chi connectivity index (χ1) is 5.27. The fourth-order valence-electron chi connectivity index (χ4n) is 1.19. The van der Waals surface area contributed by atoms with Gasteiger partial charge in [0, 0.05) is 17.3 Å². The monoisotopic (exact) mass is 149 g/mol. The van der Waals surface area contributed by atoms with E-state index < -0.39 is 0 Å². The van der Waals surface area contributed by atoms with Crippen LogP contribution >= 0.6 is 0 Å². The van der Waals surface area contributed by atoms with Gasteiger partial charge < -0.3 is 10.4 Å². The number of hydrogen-bond donors (Lipinski definition) is 2. The van der Waals surface area contributed by atoms with Crippen molar-refractivity contribution in [3.05, 3.63) is 23.8 Å². The lowest BCUT2D eigenvalue weighted by molar-refractivity contribution is 0.101. The number of carbonyl (C=O) groups is 1. The number of benzene rings is 1. The van der Waals surface area contributed by atoms with Gasteiger partial charge in [0.05, 0.1) is 6.54 Å². The molecule has 0 saturated carbocycles. The summed E-state index contributed by atoms with van der Waals surface area (Å²) in [5.41, 5.74) is 1.40. The first kappa shape index (κ1) is 6.22. The second-order valence-corrected chi connectivity index (χ2v) is 2.51. The van der Waals surface area contributed by atoms with Crippen LogP contribution in [0.4, 0.5) is 5.69 Å². The van der Waals surface area contributed by atoms with Crippen molar-refractivity contribution in [2.75, 3.05) is 11.9 Å². The molecule has 1 aliphatic heterocycles. The van der Waals surface area contributed by atoms with Gasteiger partial charge in [0.25, 0.3) is 0 Å². The van der Waals surface area contributed by atoms with Gasteiger partial charge >= 0.3 is 0 Å². The van der Waals surface area contributed by atoms with Gasteiger partial charge in [0.15, 0.2) is 5.78 Å². The maximum Gasteiger partial charge on any atom is 0.183 e. The number of anilines is 1. The predicted molar refractivity (Wildman–Crippen MR) is 40.9 cm³/mol. The molecule has 3 nitrogen and oxygen atoms in total. The summed E-state index contributed by atoms with van der Waals surface area (Å²) in [4.78, 5) is 11.0. The molecule has 1 aromatic carbocycles. The lowest BCUT2D eigenvalue weighted by Crippen LogP contribution is -2.00. The van der Waals surface area contributed by atoms with E-state index in [4.69, 9.17) is 5.11 Å². The highest BCUT2D eigenvalue weighted by Gasteiger charge is 2.18. The van der Waals surface area contributed by atoms with E-state index in [1.54, 1.807) is 12.1 Å². The maximum atomic E-state index is 11.0. The van der Waals surface area contributed by atoms with E-state index >= 15 is 0 Å². The molecule has 0 unspecified atom stereocenters. The molecule has 0 aromatic heterocycles. The average Bonchev–Trinajstić information content (AvgIpc) is 2.32. The molecule has 1 heterocycles. The van der Waals surface area contributed by atoms with Crippen LogP contribution in [0.2, 0.25) is 0 Å². The van der Waals surface area contributed by atoms with Crippen molar-refractivity contribution >= 4 is 11.5 Å². The van der Waals surface area contributed by atoms with Crippen molar-refractivity contribution in [3.63, 3.8) is 0 Å². The largest absolute Gasteiger partial charge is 0.508 e. The van der Waals surface area contributed by atoms with E-state index in [2.05, 4.69) is 5.32 Å². The standard InChI is InChI=1S/C8H7NO2/c10-5-1-2-6-7(3-5)9-4-8(6)11/h1-3,9-10H,4H2. The van der Waals surface area contributed by atoms with E-state index in [9.17, 15) is 4.79 Å². The number of Topliss-reactive ketones (excluding diaryl/α,β-unsaturated/α-hetero) is 1. The molecule has 1 aliphatic rings. The van der Waals surface area contributed by atoms with E-state index in [1.165, 1.54) is 6.07 Å². The van der Waals surface area contributed by atoms with Crippen LogP contribution in [0.5, 0.6) is 5.75 Å². The molecule has 0 fully saturated rings. The summed E-state index contributed by atoms with van der Waals surface area (Å²) < 4.78 is 0. The maximum absolute atomic E-state index is 11.0. The van der Waals surface area contributed by atoms with Crippen molar-refractivity contribution in [2.24, 2.45) is 0 Å². The lowest BCUT2D eigenvalue weighted by atomic mass is 10.1. The van der Waals surface area contributed by atoms with Gasteiger partial charge in [0.1, 0.15) is 5.75 Å². The van der Waals surface area contributed by atoms with Gasteiger partial charge in [-0.3, -0.25) is 4.79 Å². The highest BCUT2D eigenvalue weighted by molar-refractivity contribution is 6.08. The number of phenols is 1. The minimum absolute atomic E-state index is 0.0833. The Morgan fingerprint density at radius 3 is 3.09 bits per heavy atom. The normalized spacial score (nSPS) is 14.4. The Morgan fingerprint density at radius 1 is 1.45 bits per heavy atom. The van der Waals surface area contributed by atoms with Crippen LogP contribution < -0.4 is 5.32 Å². The molecule has 0 aliphatic carbocycles. The molecule has 0 bridgehead atoms. The number of rotatable bonds is 0. The molecule has 0 spiro atoms. The Balaban J connectivity index is 2.59. The Labute approximate surface area is 63.7 Å². The number of ketones is 1. The summed E-state index contributed by atoms with van der Waals surface area (Å²) in [5, 5.41) is 11.9. The van der Waals surface area contributed by atoms with Crippen molar-refractivity contribution in [1.82, 2.24) is 0 Å². The summed E-state index contributed by atoms with van der Waals surface area (Å²) in [7, 11) is 0. The molecule has 0 radical (unpaired) electrons. The second-order valence-electron chi connectivity index (χ2n) is 2.51. The Morgan fingerprint density at radius 2 is 2.27 bits per heavy atom. The van der Waals surface area contributed by atoms with E-state index in [-0.39, 0.29) is 11.5 Å². The van der Waals surface area contributed by atoms with Crippen LogP contribution in [-0.4, -0.2) is 17.4 Å². The van der Waals surface area contributed by atoms with Crippen LogP contribution in [0.25, 0.3) is 0 Å². The van der Waals surface area contributed by atoms with Crippen molar-refractivity contribution in [2.45, 2.75) is 0 Å². The van der Waals surface area contributed by atoms with Crippen LogP contribution in [0.1, 0.15) is 10.4 Å². The molecule has 56 valence electrons. The molecule has 2 rings (SSSR count). The lowest BCUT2D eigenvalue weighted by Gasteiger charge is -1.96. The van der Waals surface area contributed by atoms with Gasteiger partial charge in [-0.05, 0) is 12.1 Å². The zero-order chi connectivity index (χ0) is 7.84. The molecule has 0 atom stereocenters. The van der Waals surface area contributed by atoms with Gasteiger partial charge in [-0.15, -0.1) is 0 Å². The Bertz CT molecular complexity index is 320. The number of carbonyl (C=O) groups excluding carboxylic acids is 1. The highest BCUT2D eigenvalue weighted by atomic mass is 16.3. The summed E-state index contributed by atoms with van der Waals surface area (Å²) in [6, 6.07) is 4.71. The van der Waals surface area contributed by atoms with Crippen LogP contribution in [0, 0.1) is 0 Å². The van der Waals surface area contributed by atoms with Gasteiger partial charge in [-0.25, -0.2) is 0 Å². The number of fused-ring (bicyclic) bond motifs is 1. The molecule has 3 heteroatoms. The van der Waals surface area contributed by atoms with Gasteiger partial charge in [-0.2, -0.15) is 0 Å². The molecule has 2 N–H and O–H groups in total. The zero-order valence-electron chi connectivity index (χ0n) is 5.79. The van der Waals surface area contributed by atoms with E-state index in [0.29, 0.717) is 12.1 Å². The highest BCUT2D eigenvalue weighted by Crippen LogP contribution is 2.25. The Kier molecular flexibility index (Phi) is 1.12. The quantitative estimate of drug-likeness (QED) is 0.578. The van der Waals surface area contributed by atoms with Crippen molar-refractivity contribution in [1.29, 1.82) is 0 Å². The van der Waals surface area contributed by atoms with Crippen LogP contribution in [0.3, 0.4) is 0 Å². The van der Waals surface area contributed by atoms with Gasteiger partial charge in [-0.1, -0.05) is 0 Å². The molecule has 0 saturated heterocycles. The number of nitrogens with one attached hydrogen (secondary N) is 1. The van der Waals surface area contributed by atoms with Crippen LogP contribution in [0.15, 0.2) is 18.2 Å². The zero-order valence-corrected chi connectivity index (χ0v) is 5.79. The minimum atomic E-state index is 0.0833. The Hall–Kier alpha value is -1.51. The SMILES string of the molecule is O=C1CNc2cc(O)ccc21. The molecule has 11 heavy (non-hydrogen) atoms. The van der Waals surface area contributed by atoms with E-state index in [1.807, 2.05) is 0 Å². The third kappa shape index (κ3) is 0.852. The number of hydrogen-bond acceptors (Lipinski definition) is 3. The molecular weight excluding hydrogens is 142 g/mol. The number of aromatic hydroxyl groups is 1. The topological polar surface area (TPSA) is 49.3 Å².